The lowest BCUT2D eigenvalue weighted by Gasteiger charge is -2.24. The van der Waals surface area contributed by atoms with E-state index in [-0.39, 0.29) is 0 Å². The van der Waals surface area contributed by atoms with Gasteiger partial charge in [0.25, 0.3) is 0 Å². The van der Waals surface area contributed by atoms with Gasteiger partial charge in [-0.15, -0.1) is 0 Å². The molecule has 1 aromatic rings. The molecule has 1 heterocycles. The third-order valence-electron chi connectivity index (χ3n) is 2.99. The van der Waals surface area contributed by atoms with Gasteiger partial charge in [0, 0.05) is 19.9 Å². The maximum Gasteiger partial charge on any atom is 0.203 e. The summed E-state index contributed by atoms with van der Waals surface area (Å²) < 4.78 is 7.55. The average molecular weight is 253 g/mol. The highest BCUT2D eigenvalue weighted by Crippen LogP contribution is 2.23. The minimum absolute atomic E-state index is 0.325. The number of hydrogen-bond acceptors (Lipinski definition) is 3. The van der Waals surface area contributed by atoms with E-state index >= 15 is 0 Å². The number of methoxy groups -OCH3 is 1. The number of rotatable bonds is 7. The Morgan fingerprint density at radius 2 is 2.00 bits per heavy atom. The van der Waals surface area contributed by atoms with Crippen molar-refractivity contribution in [3.05, 3.63) is 11.9 Å². The zero-order chi connectivity index (χ0) is 13.7. The van der Waals surface area contributed by atoms with Crippen molar-refractivity contribution in [1.82, 2.24) is 9.55 Å². The predicted molar refractivity (Wildman–Crippen MR) is 76.0 cm³/mol. The second-order valence-electron chi connectivity index (χ2n) is 5.65. The molecule has 0 saturated heterocycles. The fourth-order valence-corrected chi connectivity index (χ4v) is 1.96. The van der Waals surface area contributed by atoms with E-state index in [0.717, 1.165) is 18.2 Å². The van der Waals surface area contributed by atoms with Gasteiger partial charge >= 0.3 is 0 Å². The van der Waals surface area contributed by atoms with Crippen LogP contribution in [0.3, 0.4) is 0 Å². The Labute approximate surface area is 111 Å². The molecule has 1 aromatic heterocycles. The summed E-state index contributed by atoms with van der Waals surface area (Å²) in [7, 11) is 1.75. The van der Waals surface area contributed by atoms with E-state index in [4.69, 9.17) is 4.74 Å². The van der Waals surface area contributed by atoms with E-state index in [1.807, 2.05) is 6.92 Å². The maximum absolute atomic E-state index is 5.33. The lowest BCUT2D eigenvalue weighted by Crippen LogP contribution is -2.22. The van der Waals surface area contributed by atoms with Crippen molar-refractivity contribution in [3.63, 3.8) is 0 Å². The minimum Gasteiger partial charge on any atom is -0.383 e. The fourth-order valence-electron chi connectivity index (χ4n) is 1.96. The molecule has 0 aromatic carbocycles. The van der Waals surface area contributed by atoms with E-state index in [2.05, 4.69) is 48.8 Å². The third kappa shape index (κ3) is 4.02. The van der Waals surface area contributed by atoms with Gasteiger partial charge in [0.2, 0.25) is 5.95 Å². The summed E-state index contributed by atoms with van der Waals surface area (Å²) in [5, 5.41) is 3.42. The van der Waals surface area contributed by atoms with Gasteiger partial charge in [-0.1, -0.05) is 27.7 Å². The van der Waals surface area contributed by atoms with Crippen LogP contribution < -0.4 is 5.32 Å². The lowest BCUT2D eigenvalue weighted by atomic mass is 10.1. The van der Waals surface area contributed by atoms with Crippen molar-refractivity contribution in [1.29, 1.82) is 0 Å². The molecule has 0 fully saturated rings. The quantitative estimate of drug-likeness (QED) is 0.811. The zero-order valence-electron chi connectivity index (χ0n) is 12.5. The Kier molecular flexibility index (Phi) is 5.66. The number of imidazole rings is 1. The number of hydrogen-bond donors (Lipinski definition) is 1. The van der Waals surface area contributed by atoms with Gasteiger partial charge in [-0.05, 0) is 18.8 Å². The van der Waals surface area contributed by atoms with Crippen molar-refractivity contribution in [2.45, 2.75) is 40.7 Å². The molecule has 1 rings (SSSR count). The number of anilines is 1. The molecule has 0 bridgehead atoms. The predicted octanol–water partition coefficient (Wildman–Crippen LogP) is 3.10. The molecular weight excluding hydrogens is 226 g/mol. The van der Waals surface area contributed by atoms with Crippen LogP contribution >= 0.6 is 0 Å². The van der Waals surface area contributed by atoms with E-state index in [9.17, 15) is 0 Å². The van der Waals surface area contributed by atoms with Crippen LogP contribution in [-0.4, -0.2) is 29.8 Å². The van der Waals surface area contributed by atoms with E-state index in [1.54, 1.807) is 7.11 Å². The Morgan fingerprint density at radius 3 is 2.50 bits per heavy atom. The molecule has 0 radical (unpaired) electrons. The van der Waals surface area contributed by atoms with Crippen LogP contribution in [0.4, 0.5) is 5.95 Å². The molecule has 0 saturated carbocycles. The number of nitrogens with zero attached hydrogens (tertiary/aromatic N) is 2. The standard InChI is InChI=1S/C14H27N3O/c1-10(2)7-15-14-16-12(5)8-17(14)13(9-18-6)11(3)4/h8,10-11,13H,7,9H2,1-6H3,(H,15,16). The molecule has 1 atom stereocenters. The van der Waals surface area contributed by atoms with Crippen LogP contribution in [0.25, 0.3) is 0 Å². The molecule has 0 aliphatic rings. The van der Waals surface area contributed by atoms with Crippen LogP contribution in [0.2, 0.25) is 0 Å². The molecule has 1 N–H and O–H groups in total. The second kappa shape index (κ2) is 6.78. The summed E-state index contributed by atoms with van der Waals surface area (Å²) in [6.45, 7) is 12.5. The molecule has 1 unspecified atom stereocenters. The van der Waals surface area contributed by atoms with Crippen molar-refractivity contribution in [2.24, 2.45) is 11.8 Å². The maximum atomic E-state index is 5.33. The van der Waals surface area contributed by atoms with Gasteiger partial charge in [0.1, 0.15) is 0 Å². The van der Waals surface area contributed by atoms with E-state index in [0.29, 0.717) is 24.5 Å². The molecule has 0 amide bonds. The lowest BCUT2D eigenvalue weighted by molar-refractivity contribution is 0.134. The van der Waals surface area contributed by atoms with Crippen LogP contribution in [0.1, 0.15) is 39.4 Å². The molecule has 0 aliphatic carbocycles. The summed E-state index contributed by atoms with van der Waals surface area (Å²) >= 11 is 0. The van der Waals surface area contributed by atoms with Gasteiger partial charge in [-0.2, -0.15) is 0 Å². The highest BCUT2D eigenvalue weighted by Gasteiger charge is 2.19. The Hall–Kier alpha value is -1.03. The molecule has 4 heteroatoms. The monoisotopic (exact) mass is 253 g/mol. The molecule has 0 spiro atoms. The zero-order valence-corrected chi connectivity index (χ0v) is 12.5. The molecule has 104 valence electrons. The van der Waals surface area contributed by atoms with Gasteiger partial charge < -0.3 is 14.6 Å². The first-order chi connectivity index (χ1) is 8.45. The molecule has 18 heavy (non-hydrogen) atoms. The van der Waals surface area contributed by atoms with Crippen LogP contribution in [-0.2, 0) is 4.74 Å². The summed E-state index contributed by atoms with van der Waals surface area (Å²) in [4.78, 5) is 4.56. The number of aryl methyl sites for hydroxylation is 1. The average Bonchev–Trinajstić information content (AvgIpc) is 2.63. The second-order valence-corrected chi connectivity index (χ2v) is 5.65. The number of aromatic nitrogens is 2. The smallest absolute Gasteiger partial charge is 0.203 e. The SMILES string of the molecule is COCC(C(C)C)n1cc(C)nc1NCC(C)C. The fraction of sp³-hybridized carbons (Fsp3) is 0.786. The molecular formula is C14H27N3O. The van der Waals surface area contributed by atoms with Gasteiger partial charge in [-0.3, -0.25) is 0 Å². The van der Waals surface area contributed by atoms with Crippen molar-refractivity contribution in [3.8, 4) is 0 Å². The summed E-state index contributed by atoms with van der Waals surface area (Å²) in [5.41, 5.74) is 1.04. The van der Waals surface area contributed by atoms with Crippen molar-refractivity contribution < 1.29 is 4.74 Å². The van der Waals surface area contributed by atoms with Crippen LogP contribution in [0, 0.1) is 18.8 Å². The number of ether oxygens (including phenoxy) is 1. The highest BCUT2D eigenvalue weighted by atomic mass is 16.5. The Morgan fingerprint density at radius 1 is 1.33 bits per heavy atom. The van der Waals surface area contributed by atoms with E-state index in [1.165, 1.54) is 0 Å². The van der Waals surface area contributed by atoms with Gasteiger partial charge in [-0.25, -0.2) is 4.98 Å². The third-order valence-corrected chi connectivity index (χ3v) is 2.99. The first-order valence-corrected chi connectivity index (χ1v) is 6.74. The van der Waals surface area contributed by atoms with Crippen LogP contribution in [0.15, 0.2) is 6.20 Å². The van der Waals surface area contributed by atoms with E-state index < -0.39 is 0 Å². The topological polar surface area (TPSA) is 39.1 Å². The Balaban J connectivity index is 2.90. The first-order valence-electron chi connectivity index (χ1n) is 6.74. The molecule has 0 aliphatic heterocycles. The minimum atomic E-state index is 0.325. The van der Waals surface area contributed by atoms with Crippen LogP contribution in [0.5, 0.6) is 0 Å². The van der Waals surface area contributed by atoms with Crippen molar-refractivity contribution in [2.75, 3.05) is 25.6 Å². The summed E-state index contributed by atoms with van der Waals surface area (Å²) in [5.74, 6) is 2.07. The van der Waals surface area contributed by atoms with Gasteiger partial charge in [0.15, 0.2) is 0 Å². The Bertz CT molecular complexity index is 358. The highest BCUT2D eigenvalue weighted by molar-refractivity contribution is 5.29. The normalized spacial score (nSPS) is 13.3. The number of nitrogens with one attached hydrogen (secondary N) is 1. The van der Waals surface area contributed by atoms with Crippen molar-refractivity contribution >= 4 is 5.95 Å². The summed E-state index contributed by atoms with van der Waals surface area (Å²) in [6, 6.07) is 0.325. The molecule has 4 nitrogen and oxygen atoms in total. The van der Waals surface area contributed by atoms with Gasteiger partial charge in [0.05, 0.1) is 18.3 Å². The first kappa shape index (κ1) is 15.0. The summed E-state index contributed by atoms with van der Waals surface area (Å²) in [6.07, 6.45) is 2.10. The largest absolute Gasteiger partial charge is 0.383 e.